The number of nitrogens with zero attached hydrogens (tertiary/aromatic N) is 5. The summed E-state index contributed by atoms with van der Waals surface area (Å²) in [6.45, 7) is 2.23. The molecule has 206 valence electrons. The minimum Gasteiger partial charge on any atom is -0.407 e. The third kappa shape index (κ3) is 5.50. The zero-order valence-corrected chi connectivity index (χ0v) is 22.2. The smallest absolute Gasteiger partial charge is 0.291 e. The van der Waals surface area contributed by atoms with Gasteiger partial charge in [0, 0.05) is 30.1 Å². The number of amides is 1. The predicted octanol–water partition coefficient (Wildman–Crippen LogP) is 3.14. The highest BCUT2D eigenvalue weighted by atomic mass is 16.5. The number of amidine groups is 1. The summed E-state index contributed by atoms with van der Waals surface area (Å²) >= 11 is 0. The average molecular weight is 549 g/mol. The Bertz CT molecular complexity index is 1600. The van der Waals surface area contributed by atoms with Crippen molar-refractivity contribution in [3.63, 3.8) is 0 Å². The van der Waals surface area contributed by atoms with Crippen molar-refractivity contribution in [1.82, 2.24) is 4.98 Å². The highest BCUT2D eigenvalue weighted by Crippen LogP contribution is 2.42. The number of pyridine rings is 1. The molecule has 0 bridgehead atoms. The minimum absolute atomic E-state index is 0.245. The lowest BCUT2D eigenvalue weighted by atomic mass is 10.0. The summed E-state index contributed by atoms with van der Waals surface area (Å²) in [6, 6.07) is 20.3. The van der Waals surface area contributed by atoms with Crippen molar-refractivity contribution < 1.29 is 14.3 Å². The Labute approximate surface area is 236 Å². The summed E-state index contributed by atoms with van der Waals surface area (Å²) in [5.74, 6) is -0.0323. The molecule has 11 nitrogen and oxygen atoms in total. The number of carbonyl (C=O) groups is 1. The van der Waals surface area contributed by atoms with Gasteiger partial charge in [-0.05, 0) is 25.0 Å². The van der Waals surface area contributed by atoms with E-state index in [-0.39, 0.29) is 11.8 Å². The van der Waals surface area contributed by atoms with E-state index in [2.05, 4.69) is 21.4 Å². The highest BCUT2D eigenvalue weighted by molar-refractivity contribution is 6.19. The number of benzene rings is 2. The summed E-state index contributed by atoms with van der Waals surface area (Å²) in [6.07, 6.45) is 0.709. The molecule has 2 fully saturated rings. The van der Waals surface area contributed by atoms with E-state index in [1.54, 1.807) is 12.1 Å². The van der Waals surface area contributed by atoms with Crippen LogP contribution < -0.4 is 16.0 Å². The molecule has 1 amide bonds. The summed E-state index contributed by atoms with van der Waals surface area (Å²) < 4.78 is 11.1. The molecule has 1 saturated heterocycles. The number of rotatable bonds is 5. The van der Waals surface area contributed by atoms with E-state index >= 15 is 0 Å². The van der Waals surface area contributed by atoms with Gasteiger partial charge in [0.25, 0.3) is 11.9 Å². The van der Waals surface area contributed by atoms with Crippen molar-refractivity contribution in [2.24, 2.45) is 15.7 Å². The lowest BCUT2D eigenvalue weighted by Gasteiger charge is -2.30. The molecular formula is C30H28N8O3. The fourth-order valence-corrected chi connectivity index (χ4v) is 4.92. The van der Waals surface area contributed by atoms with Crippen molar-refractivity contribution in [3.8, 4) is 6.07 Å². The molecule has 1 saturated carbocycles. The van der Waals surface area contributed by atoms with Crippen molar-refractivity contribution >= 4 is 35.0 Å². The number of benzodiazepines with no additional fused rings is 1. The molecule has 0 spiro atoms. The van der Waals surface area contributed by atoms with Crippen molar-refractivity contribution in [1.29, 1.82) is 10.7 Å². The molecule has 0 radical (unpaired) electrons. The Morgan fingerprint density at radius 1 is 1.15 bits per heavy atom. The number of nitrogens with two attached hydrogens (primary N) is 1. The van der Waals surface area contributed by atoms with E-state index in [0.29, 0.717) is 54.6 Å². The van der Waals surface area contributed by atoms with Crippen LogP contribution in [-0.4, -0.2) is 61.0 Å². The van der Waals surface area contributed by atoms with Crippen LogP contribution in [0.2, 0.25) is 0 Å². The van der Waals surface area contributed by atoms with E-state index in [1.807, 2.05) is 53.4 Å². The molecule has 1 aliphatic carbocycles. The van der Waals surface area contributed by atoms with Crippen molar-refractivity contribution in [3.05, 3.63) is 88.6 Å². The van der Waals surface area contributed by atoms with Crippen LogP contribution in [0.15, 0.2) is 70.6 Å². The van der Waals surface area contributed by atoms with Gasteiger partial charge in [0.2, 0.25) is 12.1 Å². The zero-order valence-electron chi connectivity index (χ0n) is 22.2. The van der Waals surface area contributed by atoms with Crippen LogP contribution in [0, 0.1) is 16.7 Å². The van der Waals surface area contributed by atoms with Gasteiger partial charge in [-0.3, -0.25) is 10.2 Å². The topological polar surface area (TPSA) is 162 Å². The van der Waals surface area contributed by atoms with Crippen LogP contribution >= 0.6 is 0 Å². The van der Waals surface area contributed by atoms with Gasteiger partial charge in [0.1, 0.15) is 11.9 Å². The number of fused-ring (bicyclic) bond motifs is 1. The maximum atomic E-state index is 13.1. The number of aliphatic imine (C=N–C) groups is 2. The second-order valence-corrected chi connectivity index (χ2v) is 9.93. The van der Waals surface area contributed by atoms with E-state index in [1.165, 1.54) is 0 Å². The van der Waals surface area contributed by atoms with Crippen LogP contribution in [0.3, 0.4) is 0 Å². The zero-order chi connectivity index (χ0) is 28.3. The number of aromatic nitrogens is 1. The van der Waals surface area contributed by atoms with Gasteiger partial charge in [0.15, 0.2) is 0 Å². The largest absolute Gasteiger partial charge is 0.407 e. The summed E-state index contributed by atoms with van der Waals surface area (Å²) in [5.41, 5.74) is 10.3. The number of morpholine rings is 1. The minimum atomic E-state index is -1.26. The second-order valence-electron chi connectivity index (χ2n) is 9.93. The number of hydrogen-bond acceptors (Lipinski definition) is 9. The first-order chi connectivity index (χ1) is 20.0. The van der Waals surface area contributed by atoms with E-state index in [9.17, 15) is 10.1 Å². The van der Waals surface area contributed by atoms with Gasteiger partial charge in [0.05, 0.1) is 41.4 Å². The summed E-state index contributed by atoms with van der Waals surface area (Å²) in [5, 5.41) is 21.4. The molecule has 41 heavy (non-hydrogen) atoms. The van der Waals surface area contributed by atoms with Crippen LogP contribution in [0.1, 0.15) is 46.7 Å². The monoisotopic (exact) mass is 548 g/mol. The fourth-order valence-electron chi connectivity index (χ4n) is 4.92. The van der Waals surface area contributed by atoms with E-state index < -0.39 is 18.1 Å². The van der Waals surface area contributed by atoms with Crippen molar-refractivity contribution in [2.75, 3.05) is 36.5 Å². The Kier molecular flexibility index (Phi) is 7.14. The number of hydrogen-bond donors (Lipinski definition) is 3. The second kappa shape index (κ2) is 11.2. The Balaban J connectivity index is 1.32. The quantitative estimate of drug-likeness (QED) is 0.326. The fraction of sp³-hybridized carbons (Fsp3) is 0.267. The third-order valence-electron chi connectivity index (χ3n) is 7.10. The SMILES string of the molecule is N#Cc1cc(C(=N)O/C(N)=N/C2N=C(c3ccccc3)c3ccccc3NC2=O)c(N2CCOCC2)nc1C1CC1. The van der Waals surface area contributed by atoms with Gasteiger partial charge < -0.3 is 25.4 Å². The van der Waals surface area contributed by atoms with E-state index in [4.69, 9.17) is 25.6 Å². The Morgan fingerprint density at radius 2 is 1.88 bits per heavy atom. The maximum absolute atomic E-state index is 13.1. The molecule has 3 heterocycles. The predicted molar refractivity (Wildman–Crippen MR) is 154 cm³/mol. The molecule has 4 N–H and O–H groups in total. The van der Waals surface area contributed by atoms with Crippen LogP contribution in [0.25, 0.3) is 0 Å². The summed E-state index contributed by atoms with van der Waals surface area (Å²) in [4.78, 5) is 28.9. The van der Waals surface area contributed by atoms with E-state index in [0.717, 1.165) is 29.7 Å². The number of nitriles is 1. The van der Waals surface area contributed by atoms with Crippen LogP contribution in [0.4, 0.5) is 11.5 Å². The number of carbonyl (C=O) groups excluding carboxylic acids is 1. The molecule has 1 unspecified atom stereocenters. The standard InChI is InChI=1S/C30H28N8O3/c31-17-20-16-22(28(36-24(20)19-10-11-19)38-12-14-40-15-13-38)26(32)41-30(33)37-27-29(39)34-23-9-5-4-8-21(23)25(35-27)18-6-2-1-3-7-18/h1-9,16,19,27,32H,10-15H2,(H2,33,37)(H,34,39). The molecule has 3 aliphatic rings. The number of nitrogens with one attached hydrogen (secondary N) is 2. The van der Waals surface area contributed by atoms with Gasteiger partial charge in [-0.1, -0.05) is 48.5 Å². The first kappa shape index (κ1) is 26.2. The van der Waals surface area contributed by atoms with Gasteiger partial charge in [-0.15, -0.1) is 0 Å². The first-order valence-corrected chi connectivity index (χ1v) is 13.4. The molecule has 2 aliphatic heterocycles. The molecule has 11 heteroatoms. The molecule has 1 aromatic heterocycles. The van der Waals surface area contributed by atoms with Gasteiger partial charge >= 0.3 is 0 Å². The van der Waals surface area contributed by atoms with Gasteiger partial charge in [-0.25, -0.2) is 9.98 Å². The Hall–Kier alpha value is -5.08. The highest BCUT2D eigenvalue weighted by Gasteiger charge is 2.32. The van der Waals surface area contributed by atoms with Crippen molar-refractivity contribution in [2.45, 2.75) is 24.9 Å². The van der Waals surface area contributed by atoms with Gasteiger partial charge in [-0.2, -0.15) is 10.3 Å². The first-order valence-electron chi connectivity index (χ1n) is 13.4. The molecule has 6 rings (SSSR count). The van der Waals surface area contributed by atoms with Crippen LogP contribution in [0.5, 0.6) is 0 Å². The number of anilines is 2. The molecule has 2 aromatic carbocycles. The Morgan fingerprint density at radius 3 is 2.61 bits per heavy atom. The molecule has 1 atom stereocenters. The molecule has 3 aromatic rings. The third-order valence-corrected chi connectivity index (χ3v) is 7.10. The number of para-hydroxylation sites is 1. The normalized spacial score (nSPS) is 18.9. The van der Waals surface area contributed by atoms with Crippen LogP contribution in [-0.2, 0) is 14.3 Å². The lowest BCUT2D eigenvalue weighted by Crippen LogP contribution is -2.38. The average Bonchev–Trinajstić information content (AvgIpc) is 3.86. The lowest BCUT2D eigenvalue weighted by molar-refractivity contribution is -0.117. The maximum Gasteiger partial charge on any atom is 0.291 e. The number of ether oxygens (including phenoxy) is 2. The molecular weight excluding hydrogens is 520 g/mol. The summed E-state index contributed by atoms with van der Waals surface area (Å²) in [7, 11) is 0.